The summed E-state index contributed by atoms with van der Waals surface area (Å²) in [6.45, 7) is 6.84. The van der Waals surface area contributed by atoms with E-state index >= 15 is 0 Å². The summed E-state index contributed by atoms with van der Waals surface area (Å²) in [5.74, 6) is -1.07. The number of benzene rings is 1. The third-order valence-corrected chi connectivity index (χ3v) is 5.22. The fourth-order valence-electron chi connectivity index (χ4n) is 2.34. The van der Waals surface area contributed by atoms with Gasteiger partial charge >= 0.3 is 5.97 Å². The van der Waals surface area contributed by atoms with E-state index in [0.29, 0.717) is 12.4 Å². The van der Waals surface area contributed by atoms with Gasteiger partial charge in [0.25, 0.3) is 5.91 Å². The summed E-state index contributed by atoms with van der Waals surface area (Å²) in [7, 11) is -2.37. The van der Waals surface area contributed by atoms with Gasteiger partial charge in [0.05, 0.1) is 24.5 Å². The highest BCUT2D eigenvalue weighted by Crippen LogP contribution is 2.15. The van der Waals surface area contributed by atoms with Crippen LogP contribution in [0.5, 0.6) is 5.75 Å². The Labute approximate surface area is 183 Å². The van der Waals surface area contributed by atoms with Crippen molar-refractivity contribution in [2.24, 2.45) is 0 Å². The fourth-order valence-corrected chi connectivity index (χ4v) is 3.37. The Kier molecular flexibility index (Phi) is 9.92. The van der Waals surface area contributed by atoms with Gasteiger partial charge in [0.1, 0.15) is 5.75 Å². The van der Waals surface area contributed by atoms with Gasteiger partial charge in [-0.05, 0) is 52.0 Å². The van der Waals surface area contributed by atoms with Crippen LogP contribution >= 0.6 is 0 Å². The first-order chi connectivity index (χ1) is 14.3. The number of carbonyl (C=O) groups excluding carboxylic acids is 3. The number of hydrogen-bond donors (Lipinski definition) is 2. The number of nitrogens with zero attached hydrogens (tertiary/aromatic N) is 1. The Hall–Kier alpha value is -2.66. The van der Waals surface area contributed by atoms with E-state index in [0.717, 1.165) is 4.90 Å². The van der Waals surface area contributed by atoms with Crippen molar-refractivity contribution in [3.63, 3.8) is 0 Å². The number of likely N-dealkylation sites (N-methyl/N-ethyl adjacent to an activating group) is 1. The van der Waals surface area contributed by atoms with Crippen molar-refractivity contribution in [2.75, 3.05) is 33.4 Å². The molecule has 0 aromatic heterocycles. The average molecular weight is 458 g/mol. The Morgan fingerprint density at radius 2 is 1.71 bits per heavy atom. The molecule has 31 heavy (non-hydrogen) atoms. The molecule has 1 aromatic rings. The van der Waals surface area contributed by atoms with Gasteiger partial charge in [0, 0.05) is 19.1 Å². The van der Waals surface area contributed by atoms with Crippen molar-refractivity contribution in [1.29, 1.82) is 0 Å². The summed E-state index contributed by atoms with van der Waals surface area (Å²) in [6, 6.07) is 5.87. The predicted molar refractivity (Wildman–Crippen MR) is 114 cm³/mol. The number of nitrogens with one attached hydrogen (secondary N) is 2. The lowest BCUT2D eigenvalue weighted by Gasteiger charge is -2.23. The molecule has 10 nitrogen and oxygen atoms in total. The molecule has 0 spiro atoms. The van der Waals surface area contributed by atoms with Crippen LogP contribution in [-0.4, -0.2) is 70.0 Å². The lowest BCUT2D eigenvalue weighted by Crippen LogP contribution is -2.46. The lowest BCUT2D eigenvalue weighted by molar-refractivity contribution is -0.151. The molecule has 0 heterocycles. The number of rotatable bonds is 11. The third kappa shape index (κ3) is 10.3. The summed E-state index contributed by atoms with van der Waals surface area (Å²) in [5, 5.41) is 2.72. The first-order valence-corrected chi connectivity index (χ1v) is 11.3. The van der Waals surface area contributed by atoms with Crippen molar-refractivity contribution < 1.29 is 32.3 Å². The highest BCUT2D eigenvalue weighted by molar-refractivity contribution is 7.89. The van der Waals surface area contributed by atoms with Gasteiger partial charge in [0.15, 0.2) is 6.61 Å². The van der Waals surface area contributed by atoms with E-state index < -0.39 is 34.0 Å². The predicted octanol–water partition coefficient (Wildman–Crippen LogP) is 0.670. The highest BCUT2D eigenvalue weighted by atomic mass is 32.2. The van der Waals surface area contributed by atoms with Crippen molar-refractivity contribution in [1.82, 2.24) is 14.9 Å². The van der Waals surface area contributed by atoms with Crippen LogP contribution in [0.25, 0.3) is 0 Å². The molecule has 1 rings (SSSR count). The van der Waals surface area contributed by atoms with E-state index in [2.05, 4.69) is 10.0 Å². The van der Waals surface area contributed by atoms with Gasteiger partial charge in [-0.3, -0.25) is 14.4 Å². The molecular weight excluding hydrogens is 426 g/mol. The minimum absolute atomic E-state index is 0.0367. The normalized spacial score (nSPS) is 11.5. The van der Waals surface area contributed by atoms with E-state index in [1.807, 2.05) is 27.7 Å². The van der Waals surface area contributed by atoms with Crippen molar-refractivity contribution in [3.05, 3.63) is 24.3 Å². The summed E-state index contributed by atoms with van der Waals surface area (Å²) in [5.41, 5.74) is -0.425. The maximum Gasteiger partial charge on any atom is 0.307 e. The van der Waals surface area contributed by atoms with E-state index in [1.165, 1.54) is 31.3 Å². The minimum atomic E-state index is -3.79. The van der Waals surface area contributed by atoms with E-state index in [1.54, 1.807) is 0 Å². The number of amides is 2. The Bertz CT molecular complexity index is 862. The molecular formula is C20H31N3O7S. The van der Waals surface area contributed by atoms with Gasteiger partial charge in [-0.25, -0.2) is 13.1 Å². The molecule has 0 atom stereocenters. The van der Waals surface area contributed by atoms with Crippen LogP contribution in [0.3, 0.4) is 0 Å². The molecule has 0 aliphatic carbocycles. The molecule has 1 aromatic carbocycles. The second kappa shape index (κ2) is 11.7. The largest absolute Gasteiger partial charge is 0.494 e. The zero-order valence-corrected chi connectivity index (χ0v) is 19.4. The monoisotopic (exact) mass is 457 g/mol. The number of hydrogen-bond acceptors (Lipinski definition) is 7. The lowest BCUT2D eigenvalue weighted by atomic mass is 10.1. The Balaban J connectivity index is 2.39. The molecule has 0 aliphatic heterocycles. The molecule has 0 bridgehead atoms. The second-order valence-electron chi connectivity index (χ2n) is 7.76. The second-order valence-corrected chi connectivity index (χ2v) is 9.53. The van der Waals surface area contributed by atoms with Crippen LogP contribution in [0.2, 0.25) is 0 Å². The van der Waals surface area contributed by atoms with Crippen molar-refractivity contribution >= 4 is 27.8 Å². The maximum atomic E-state index is 12.2. The van der Waals surface area contributed by atoms with E-state index in [4.69, 9.17) is 9.47 Å². The zero-order valence-electron chi connectivity index (χ0n) is 18.6. The molecule has 2 amide bonds. The molecule has 0 fully saturated rings. The van der Waals surface area contributed by atoms with Crippen LogP contribution in [0, 0.1) is 0 Å². The van der Waals surface area contributed by atoms with Crippen molar-refractivity contribution in [3.8, 4) is 5.75 Å². The van der Waals surface area contributed by atoms with Crippen molar-refractivity contribution in [2.45, 2.75) is 44.6 Å². The quantitative estimate of drug-likeness (QED) is 0.467. The standard InChI is InChI=1S/C20H31N3O7S/c1-6-29-15-7-9-16(10-8-15)31(27,28)21-12-11-19(26)30-14-18(25)23(5)13-17(24)22-20(2,3)4/h7-10,21H,6,11-14H2,1-5H3,(H,22,24). The zero-order chi connectivity index (χ0) is 23.7. The van der Waals surface area contributed by atoms with Crippen LogP contribution in [0.15, 0.2) is 29.2 Å². The fraction of sp³-hybridized carbons (Fsp3) is 0.550. The minimum Gasteiger partial charge on any atom is -0.494 e. The molecule has 0 saturated carbocycles. The average Bonchev–Trinajstić information content (AvgIpc) is 2.65. The smallest absolute Gasteiger partial charge is 0.307 e. The number of sulfonamides is 1. The maximum absolute atomic E-state index is 12.2. The summed E-state index contributed by atoms with van der Waals surface area (Å²) < 4.78 is 36.9. The van der Waals surface area contributed by atoms with Crippen LogP contribution in [-0.2, 0) is 29.1 Å². The van der Waals surface area contributed by atoms with Crippen LogP contribution < -0.4 is 14.8 Å². The molecule has 174 valence electrons. The van der Waals surface area contributed by atoms with Gasteiger partial charge in [0.2, 0.25) is 15.9 Å². The van der Waals surface area contributed by atoms with Gasteiger partial charge in [-0.2, -0.15) is 0 Å². The SMILES string of the molecule is CCOc1ccc(S(=O)(=O)NCCC(=O)OCC(=O)N(C)CC(=O)NC(C)(C)C)cc1. The van der Waals surface area contributed by atoms with Crippen LogP contribution in [0.1, 0.15) is 34.1 Å². The molecule has 11 heteroatoms. The molecule has 0 aliphatic rings. The molecule has 2 N–H and O–H groups in total. The Morgan fingerprint density at radius 1 is 1.10 bits per heavy atom. The van der Waals surface area contributed by atoms with Gasteiger partial charge in [-0.1, -0.05) is 0 Å². The van der Waals surface area contributed by atoms with Gasteiger partial charge < -0.3 is 19.7 Å². The third-order valence-electron chi connectivity index (χ3n) is 3.74. The molecule has 0 saturated heterocycles. The number of ether oxygens (including phenoxy) is 2. The van der Waals surface area contributed by atoms with Crippen LogP contribution in [0.4, 0.5) is 0 Å². The molecule has 0 radical (unpaired) electrons. The van der Waals surface area contributed by atoms with Gasteiger partial charge in [-0.15, -0.1) is 0 Å². The summed E-state index contributed by atoms with van der Waals surface area (Å²) in [6.07, 6.45) is -0.252. The first-order valence-electron chi connectivity index (χ1n) is 9.77. The first kappa shape index (κ1) is 26.4. The summed E-state index contributed by atoms with van der Waals surface area (Å²) in [4.78, 5) is 36.8. The number of esters is 1. The Morgan fingerprint density at radius 3 is 2.26 bits per heavy atom. The van der Waals surface area contributed by atoms with E-state index in [9.17, 15) is 22.8 Å². The molecule has 0 unspecified atom stereocenters. The van der Waals surface area contributed by atoms with E-state index in [-0.39, 0.29) is 30.3 Å². The summed E-state index contributed by atoms with van der Waals surface area (Å²) >= 11 is 0. The topological polar surface area (TPSA) is 131 Å². The number of carbonyl (C=O) groups is 3. The highest BCUT2D eigenvalue weighted by Gasteiger charge is 2.19.